The fraction of sp³-hybridized carbons (Fsp3) is 0.462. The molecule has 0 atom stereocenters. The molecule has 0 unspecified atom stereocenters. The third-order valence-electron chi connectivity index (χ3n) is 2.54. The Kier molecular flexibility index (Phi) is 6.33. The first-order chi connectivity index (χ1) is 9.19. The minimum Gasteiger partial charge on any atom is -0.487 e. The Hall–Kier alpha value is -2.13. The van der Waals surface area contributed by atoms with Crippen molar-refractivity contribution in [3.05, 3.63) is 33.9 Å². The smallest absolute Gasteiger partial charge is 0.311 e. The molecule has 1 aromatic rings. The van der Waals surface area contributed by atoms with Crippen LogP contribution in [0.4, 0.5) is 5.69 Å². The summed E-state index contributed by atoms with van der Waals surface area (Å²) in [4.78, 5) is 10.5. The Morgan fingerprint density at radius 2 is 2.26 bits per heavy atom. The van der Waals surface area contributed by atoms with Crippen molar-refractivity contribution in [1.29, 1.82) is 5.26 Å². The Labute approximate surface area is 112 Å². The van der Waals surface area contributed by atoms with Gasteiger partial charge in [-0.1, -0.05) is 6.07 Å². The van der Waals surface area contributed by atoms with E-state index < -0.39 is 4.92 Å². The molecule has 102 valence electrons. The van der Waals surface area contributed by atoms with Gasteiger partial charge in [-0.2, -0.15) is 5.26 Å². The number of nitrogens with one attached hydrogen (secondary N) is 1. The molecule has 1 aromatic carbocycles. The molecule has 0 radical (unpaired) electrons. The average molecular weight is 263 g/mol. The van der Waals surface area contributed by atoms with Crippen molar-refractivity contribution in [1.82, 2.24) is 5.32 Å². The van der Waals surface area contributed by atoms with Crippen molar-refractivity contribution in [2.24, 2.45) is 0 Å². The van der Waals surface area contributed by atoms with E-state index in [9.17, 15) is 10.1 Å². The van der Waals surface area contributed by atoms with Gasteiger partial charge in [-0.15, -0.1) is 0 Å². The third-order valence-corrected chi connectivity index (χ3v) is 2.54. The molecule has 0 bridgehead atoms. The average Bonchev–Trinajstić information content (AvgIpc) is 2.40. The summed E-state index contributed by atoms with van der Waals surface area (Å²) < 4.78 is 5.41. The zero-order valence-electron chi connectivity index (χ0n) is 10.9. The molecule has 19 heavy (non-hydrogen) atoms. The predicted octanol–water partition coefficient (Wildman–Crippen LogP) is 2.39. The molecule has 0 saturated heterocycles. The minimum atomic E-state index is -0.441. The molecule has 0 amide bonds. The zero-order valence-corrected chi connectivity index (χ0v) is 10.9. The Bertz CT molecular complexity index is 469. The van der Waals surface area contributed by atoms with Crippen LogP contribution in [0.25, 0.3) is 0 Å². The lowest BCUT2D eigenvalue weighted by Gasteiger charge is -2.07. The summed E-state index contributed by atoms with van der Waals surface area (Å²) >= 11 is 0. The van der Waals surface area contributed by atoms with Crippen LogP contribution in [0.2, 0.25) is 0 Å². The van der Waals surface area contributed by atoms with E-state index in [-0.39, 0.29) is 11.4 Å². The van der Waals surface area contributed by atoms with E-state index in [1.165, 1.54) is 6.07 Å². The fourth-order valence-corrected chi connectivity index (χ4v) is 1.63. The van der Waals surface area contributed by atoms with Gasteiger partial charge in [0.05, 0.1) is 17.6 Å². The first kappa shape index (κ1) is 14.9. The maximum Gasteiger partial charge on any atom is 0.311 e. The summed E-state index contributed by atoms with van der Waals surface area (Å²) in [6, 6.07) is 6.98. The highest BCUT2D eigenvalue weighted by atomic mass is 16.6. The largest absolute Gasteiger partial charge is 0.487 e. The summed E-state index contributed by atoms with van der Waals surface area (Å²) in [6.07, 6.45) is 1.93. The highest BCUT2D eigenvalue weighted by Crippen LogP contribution is 2.28. The predicted molar refractivity (Wildman–Crippen MR) is 70.8 cm³/mol. The van der Waals surface area contributed by atoms with E-state index >= 15 is 0 Å². The standard InChI is InChI=1S/C13H17N3O3/c1-15-10-11-5-6-13(12(9-11)16(17)18)19-8-4-2-3-7-14/h5-6,9,15H,2-4,8,10H2,1H3. The van der Waals surface area contributed by atoms with Crippen LogP contribution in [0.1, 0.15) is 24.8 Å². The number of hydrogen-bond donors (Lipinski definition) is 1. The van der Waals surface area contributed by atoms with E-state index in [1.54, 1.807) is 19.2 Å². The first-order valence-corrected chi connectivity index (χ1v) is 6.10. The number of nitriles is 1. The fourth-order valence-electron chi connectivity index (χ4n) is 1.63. The Balaban J connectivity index is 2.66. The molecule has 6 nitrogen and oxygen atoms in total. The van der Waals surface area contributed by atoms with Gasteiger partial charge >= 0.3 is 5.69 Å². The molecule has 0 aromatic heterocycles. The van der Waals surface area contributed by atoms with Crippen molar-refractivity contribution >= 4 is 5.69 Å². The molecule has 0 saturated carbocycles. The van der Waals surface area contributed by atoms with Crippen molar-refractivity contribution < 1.29 is 9.66 Å². The highest BCUT2D eigenvalue weighted by Gasteiger charge is 2.15. The van der Waals surface area contributed by atoms with Gasteiger partial charge in [0.1, 0.15) is 0 Å². The summed E-state index contributed by atoms with van der Waals surface area (Å²) in [5, 5.41) is 22.3. The van der Waals surface area contributed by atoms with Gasteiger partial charge in [-0.25, -0.2) is 0 Å². The zero-order chi connectivity index (χ0) is 14.1. The maximum atomic E-state index is 11.0. The van der Waals surface area contributed by atoms with Gasteiger partial charge in [-0.3, -0.25) is 10.1 Å². The molecular formula is C13H17N3O3. The van der Waals surface area contributed by atoms with E-state index in [4.69, 9.17) is 10.00 Å². The lowest BCUT2D eigenvalue weighted by Crippen LogP contribution is -2.06. The SMILES string of the molecule is CNCc1ccc(OCCCCC#N)c([N+](=O)[O-])c1. The molecular weight excluding hydrogens is 246 g/mol. The van der Waals surface area contributed by atoms with Crippen molar-refractivity contribution in [3.63, 3.8) is 0 Å². The molecule has 1 rings (SSSR count). The van der Waals surface area contributed by atoms with Gasteiger partial charge in [0.15, 0.2) is 5.75 Å². The summed E-state index contributed by atoms with van der Waals surface area (Å²) in [7, 11) is 1.78. The molecule has 1 N–H and O–H groups in total. The van der Waals surface area contributed by atoms with Crippen molar-refractivity contribution in [3.8, 4) is 11.8 Å². The number of ether oxygens (including phenoxy) is 1. The van der Waals surface area contributed by atoms with Crippen LogP contribution < -0.4 is 10.1 Å². The van der Waals surface area contributed by atoms with Crippen LogP contribution in [0.5, 0.6) is 5.75 Å². The second kappa shape index (κ2) is 8.06. The molecule has 0 fully saturated rings. The topological polar surface area (TPSA) is 88.2 Å². The Morgan fingerprint density at radius 3 is 2.89 bits per heavy atom. The van der Waals surface area contributed by atoms with E-state index in [1.807, 2.05) is 6.07 Å². The number of hydrogen-bond acceptors (Lipinski definition) is 5. The van der Waals surface area contributed by atoms with Crippen LogP contribution in [-0.4, -0.2) is 18.6 Å². The number of nitro groups is 1. The van der Waals surface area contributed by atoms with Crippen LogP contribution >= 0.6 is 0 Å². The number of rotatable bonds is 8. The van der Waals surface area contributed by atoms with Gasteiger partial charge in [0.2, 0.25) is 0 Å². The Morgan fingerprint density at radius 1 is 1.47 bits per heavy atom. The second-order valence-corrected chi connectivity index (χ2v) is 4.05. The minimum absolute atomic E-state index is 0.0203. The van der Waals surface area contributed by atoms with Crippen LogP contribution in [-0.2, 0) is 6.54 Å². The summed E-state index contributed by atoms with van der Waals surface area (Å²) in [5.41, 5.74) is 0.819. The van der Waals surface area contributed by atoms with Gasteiger partial charge in [0, 0.05) is 19.0 Å². The van der Waals surface area contributed by atoms with E-state index in [0.29, 0.717) is 26.0 Å². The van der Waals surface area contributed by atoms with Crippen LogP contribution in [0.15, 0.2) is 18.2 Å². The quantitative estimate of drug-likeness (QED) is 0.442. The van der Waals surface area contributed by atoms with Crippen LogP contribution in [0.3, 0.4) is 0 Å². The molecule has 0 aliphatic carbocycles. The molecule has 0 aliphatic rings. The number of benzene rings is 1. The van der Waals surface area contributed by atoms with Gasteiger partial charge < -0.3 is 10.1 Å². The number of unbranched alkanes of at least 4 members (excludes halogenated alkanes) is 2. The maximum absolute atomic E-state index is 11.0. The van der Waals surface area contributed by atoms with Gasteiger partial charge in [-0.05, 0) is 31.5 Å². The molecule has 0 heterocycles. The summed E-state index contributed by atoms with van der Waals surface area (Å²) in [5.74, 6) is 0.279. The number of nitrogens with zero attached hydrogens (tertiary/aromatic N) is 2. The van der Waals surface area contributed by atoms with E-state index in [2.05, 4.69) is 5.32 Å². The molecule has 6 heteroatoms. The third kappa shape index (κ3) is 4.94. The number of nitro benzene ring substituents is 1. The molecule has 0 aliphatic heterocycles. The van der Waals surface area contributed by atoms with Gasteiger partial charge in [0.25, 0.3) is 0 Å². The lowest BCUT2D eigenvalue weighted by molar-refractivity contribution is -0.385. The lowest BCUT2D eigenvalue weighted by atomic mass is 10.2. The highest BCUT2D eigenvalue weighted by molar-refractivity contribution is 5.48. The summed E-state index contributed by atoms with van der Waals surface area (Å²) in [6.45, 7) is 0.956. The van der Waals surface area contributed by atoms with Crippen molar-refractivity contribution in [2.75, 3.05) is 13.7 Å². The second-order valence-electron chi connectivity index (χ2n) is 4.05. The first-order valence-electron chi connectivity index (χ1n) is 6.10. The van der Waals surface area contributed by atoms with E-state index in [0.717, 1.165) is 12.0 Å². The normalized spacial score (nSPS) is 9.89. The van der Waals surface area contributed by atoms with Crippen LogP contribution in [0, 0.1) is 21.4 Å². The van der Waals surface area contributed by atoms with Crippen molar-refractivity contribution in [2.45, 2.75) is 25.8 Å². The monoisotopic (exact) mass is 263 g/mol. The molecule has 0 spiro atoms.